The Bertz CT molecular complexity index is 401. The number of hydrogen-bond acceptors (Lipinski definition) is 4. The number of amides is 1. The summed E-state index contributed by atoms with van der Waals surface area (Å²) in [6, 6.07) is 2.88. The van der Waals surface area contributed by atoms with Crippen molar-refractivity contribution in [1.29, 1.82) is 0 Å². The van der Waals surface area contributed by atoms with Gasteiger partial charge in [-0.2, -0.15) is 0 Å². The monoisotopic (exact) mass is 212 g/mol. The molecule has 5 N–H and O–H groups in total. The van der Waals surface area contributed by atoms with Crippen molar-refractivity contribution in [1.82, 2.24) is 4.98 Å². The molecule has 1 aromatic rings. The first-order chi connectivity index (χ1) is 7.02. The van der Waals surface area contributed by atoms with Crippen LogP contribution in [0.1, 0.15) is 18.1 Å². The van der Waals surface area contributed by atoms with Gasteiger partial charge in [-0.15, -0.1) is 0 Å². The summed E-state index contributed by atoms with van der Waals surface area (Å²) in [6.45, 7) is 0. The van der Waals surface area contributed by atoms with E-state index >= 15 is 0 Å². The van der Waals surface area contributed by atoms with Crippen LogP contribution in [0.3, 0.4) is 0 Å². The van der Waals surface area contributed by atoms with E-state index in [1.165, 1.54) is 18.3 Å². The van der Waals surface area contributed by atoms with Gasteiger partial charge in [-0.1, -0.05) is 0 Å². The largest absolute Gasteiger partial charge is 0.390 e. The fourth-order valence-electron chi connectivity index (χ4n) is 1.19. The zero-order valence-electron chi connectivity index (χ0n) is 7.88. The van der Waals surface area contributed by atoms with E-state index in [-0.39, 0.29) is 5.56 Å². The van der Waals surface area contributed by atoms with E-state index < -0.39 is 30.1 Å². The molecule has 2 atom stereocenters. The molecule has 0 fully saturated rings. The lowest BCUT2D eigenvalue weighted by molar-refractivity contribution is -0.121. The molecule has 1 amide bonds. The highest BCUT2D eigenvalue weighted by atomic mass is 16.3. The summed E-state index contributed by atoms with van der Waals surface area (Å²) >= 11 is 0. The third-order valence-electron chi connectivity index (χ3n) is 1.94. The highest BCUT2D eigenvalue weighted by Crippen LogP contribution is 2.14. The number of primary amides is 1. The minimum Gasteiger partial charge on any atom is -0.390 e. The Hall–Kier alpha value is -1.66. The fraction of sp³-hybridized carbons (Fsp3) is 0.333. The minimum atomic E-state index is -1.41. The van der Waals surface area contributed by atoms with Crippen LogP contribution in [0.15, 0.2) is 23.1 Å². The van der Waals surface area contributed by atoms with Crippen molar-refractivity contribution in [3.8, 4) is 0 Å². The second kappa shape index (κ2) is 4.72. The number of aliphatic hydroxyl groups is 2. The Morgan fingerprint density at radius 2 is 2.20 bits per heavy atom. The summed E-state index contributed by atoms with van der Waals surface area (Å²) in [7, 11) is 0. The first-order valence-corrected chi connectivity index (χ1v) is 4.34. The lowest BCUT2D eigenvalue weighted by Crippen LogP contribution is -2.29. The van der Waals surface area contributed by atoms with E-state index in [9.17, 15) is 19.8 Å². The van der Waals surface area contributed by atoms with Gasteiger partial charge in [0.2, 0.25) is 5.91 Å². The molecule has 0 saturated heterocycles. The number of rotatable bonds is 4. The second-order valence-corrected chi connectivity index (χ2v) is 3.14. The molecule has 0 saturated carbocycles. The molecular formula is C9H12N2O4. The van der Waals surface area contributed by atoms with Gasteiger partial charge in [0, 0.05) is 11.8 Å². The van der Waals surface area contributed by atoms with Crippen molar-refractivity contribution in [2.45, 2.75) is 18.6 Å². The van der Waals surface area contributed by atoms with E-state index in [1.54, 1.807) is 0 Å². The zero-order chi connectivity index (χ0) is 11.4. The number of nitrogens with one attached hydrogen (secondary N) is 1. The van der Waals surface area contributed by atoms with E-state index in [0.717, 1.165) is 0 Å². The molecule has 0 aromatic carbocycles. The van der Waals surface area contributed by atoms with Crippen molar-refractivity contribution in [2.75, 3.05) is 0 Å². The van der Waals surface area contributed by atoms with Crippen LogP contribution < -0.4 is 11.3 Å². The number of aromatic nitrogens is 1. The number of nitrogens with two attached hydrogens (primary N) is 1. The predicted octanol–water partition coefficient (Wildman–Crippen LogP) is -1.36. The van der Waals surface area contributed by atoms with Crippen LogP contribution in [0.5, 0.6) is 0 Å². The Balaban J connectivity index is 2.85. The molecule has 0 aliphatic rings. The number of aromatic amines is 1. The Labute approximate surface area is 85.4 Å². The van der Waals surface area contributed by atoms with Crippen molar-refractivity contribution in [3.05, 3.63) is 34.2 Å². The highest BCUT2D eigenvalue weighted by Gasteiger charge is 2.22. The number of H-pyrrole nitrogens is 1. The highest BCUT2D eigenvalue weighted by molar-refractivity contribution is 5.74. The third-order valence-corrected chi connectivity index (χ3v) is 1.94. The van der Waals surface area contributed by atoms with Gasteiger partial charge in [-0.05, 0) is 12.1 Å². The minimum absolute atomic E-state index is 0.00579. The van der Waals surface area contributed by atoms with E-state index in [2.05, 4.69) is 4.98 Å². The first kappa shape index (κ1) is 11.4. The van der Waals surface area contributed by atoms with Crippen molar-refractivity contribution < 1.29 is 15.0 Å². The maximum atomic E-state index is 11.2. The quantitative estimate of drug-likeness (QED) is 0.493. The molecule has 1 aromatic heterocycles. The molecule has 2 unspecified atom stereocenters. The van der Waals surface area contributed by atoms with Crippen molar-refractivity contribution in [3.63, 3.8) is 0 Å². The van der Waals surface area contributed by atoms with Gasteiger partial charge in [0.25, 0.3) is 5.56 Å². The predicted molar refractivity (Wildman–Crippen MR) is 51.8 cm³/mol. The summed E-state index contributed by atoms with van der Waals surface area (Å²) in [6.07, 6.45) is -1.78. The summed E-state index contributed by atoms with van der Waals surface area (Å²) in [5, 5.41) is 18.9. The maximum Gasteiger partial charge on any atom is 0.253 e. The average Bonchev–Trinajstić information content (AvgIpc) is 2.16. The lowest BCUT2D eigenvalue weighted by Gasteiger charge is -2.15. The van der Waals surface area contributed by atoms with E-state index in [4.69, 9.17) is 5.73 Å². The number of hydrogen-bond donors (Lipinski definition) is 4. The van der Waals surface area contributed by atoms with E-state index in [1.807, 2.05) is 0 Å². The van der Waals surface area contributed by atoms with Crippen LogP contribution >= 0.6 is 0 Å². The van der Waals surface area contributed by atoms with Gasteiger partial charge in [0.1, 0.15) is 6.10 Å². The number of aliphatic hydroxyl groups excluding tert-OH is 2. The van der Waals surface area contributed by atoms with Gasteiger partial charge in [-0.3, -0.25) is 9.59 Å². The molecule has 82 valence electrons. The Morgan fingerprint density at radius 1 is 1.53 bits per heavy atom. The van der Waals surface area contributed by atoms with Crippen molar-refractivity contribution >= 4 is 5.91 Å². The SMILES string of the molecule is NC(=O)CC(O)C(O)c1ccc[nH]c1=O. The fourth-order valence-corrected chi connectivity index (χ4v) is 1.19. The number of pyridine rings is 1. The van der Waals surface area contributed by atoms with Gasteiger partial charge >= 0.3 is 0 Å². The molecule has 0 aliphatic heterocycles. The zero-order valence-corrected chi connectivity index (χ0v) is 7.88. The van der Waals surface area contributed by atoms with Gasteiger partial charge in [-0.25, -0.2) is 0 Å². The Kier molecular flexibility index (Phi) is 3.59. The summed E-state index contributed by atoms with van der Waals surface area (Å²) in [5.74, 6) is -0.742. The molecular weight excluding hydrogens is 200 g/mol. The molecule has 0 aliphatic carbocycles. The topological polar surface area (TPSA) is 116 Å². The van der Waals surface area contributed by atoms with Crippen LogP contribution in [0.4, 0.5) is 0 Å². The third kappa shape index (κ3) is 2.90. The number of carbonyl (C=O) groups is 1. The molecule has 6 nitrogen and oxygen atoms in total. The smallest absolute Gasteiger partial charge is 0.253 e. The molecule has 1 rings (SSSR count). The normalized spacial score (nSPS) is 14.5. The molecule has 0 radical (unpaired) electrons. The molecule has 0 spiro atoms. The summed E-state index contributed by atoms with van der Waals surface area (Å²) < 4.78 is 0. The van der Waals surface area contributed by atoms with E-state index in [0.29, 0.717) is 0 Å². The van der Waals surface area contributed by atoms with Crippen LogP contribution in [0.25, 0.3) is 0 Å². The lowest BCUT2D eigenvalue weighted by atomic mass is 10.0. The molecule has 6 heteroatoms. The number of carbonyl (C=O) groups excluding carboxylic acids is 1. The van der Waals surface area contributed by atoms with Gasteiger partial charge < -0.3 is 20.9 Å². The Morgan fingerprint density at radius 3 is 2.73 bits per heavy atom. The average molecular weight is 212 g/mol. The molecule has 0 bridgehead atoms. The maximum absolute atomic E-state index is 11.2. The summed E-state index contributed by atoms with van der Waals surface area (Å²) in [5.41, 5.74) is 4.35. The van der Waals surface area contributed by atoms with Gasteiger partial charge in [0.05, 0.1) is 12.5 Å². The van der Waals surface area contributed by atoms with Crippen LogP contribution in [0, 0.1) is 0 Å². The van der Waals surface area contributed by atoms with Crippen molar-refractivity contribution in [2.24, 2.45) is 5.73 Å². The van der Waals surface area contributed by atoms with Crippen LogP contribution in [0.2, 0.25) is 0 Å². The summed E-state index contributed by atoms with van der Waals surface area (Å²) in [4.78, 5) is 24.0. The molecule has 15 heavy (non-hydrogen) atoms. The first-order valence-electron chi connectivity index (χ1n) is 4.34. The van der Waals surface area contributed by atoms with Gasteiger partial charge in [0.15, 0.2) is 0 Å². The second-order valence-electron chi connectivity index (χ2n) is 3.14. The molecule has 1 heterocycles. The van der Waals surface area contributed by atoms with Crippen LogP contribution in [-0.4, -0.2) is 27.2 Å². The van der Waals surface area contributed by atoms with Crippen LogP contribution in [-0.2, 0) is 4.79 Å². The standard InChI is InChI=1S/C9H12N2O4/c10-7(13)4-6(12)8(14)5-2-1-3-11-9(5)15/h1-3,6,8,12,14H,4H2,(H2,10,13)(H,11,15).